The van der Waals surface area contributed by atoms with Crippen molar-refractivity contribution in [3.63, 3.8) is 0 Å². The van der Waals surface area contributed by atoms with Crippen molar-refractivity contribution in [2.24, 2.45) is 0 Å². The van der Waals surface area contributed by atoms with Crippen molar-refractivity contribution in [3.05, 3.63) is 22.6 Å². The summed E-state index contributed by atoms with van der Waals surface area (Å²) < 4.78 is 1.67. The molecule has 0 radical (unpaired) electrons. The predicted molar refractivity (Wildman–Crippen MR) is 96.2 cm³/mol. The summed E-state index contributed by atoms with van der Waals surface area (Å²) in [5.41, 5.74) is 2.15. The van der Waals surface area contributed by atoms with E-state index in [1.807, 2.05) is 4.90 Å². The lowest BCUT2D eigenvalue weighted by Gasteiger charge is -2.31. The maximum absolute atomic E-state index is 12.8. The molecule has 25 heavy (non-hydrogen) atoms. The summed E-state index contributed by atoms with van der Waals surface area (Å²) in [6, 6.07) is 0. The zero-order valence-electron chi connectivity index (χ0n) is 14.2. The number of nitrogens with zero attached hydrogens (tertiary/aromatic N) is 6. The van der Waals surface area contributed by atoms with Crippen molar-refractivity contribution < 1.29 is 4.79 Å². The first-order chi connectivity index (χ1) is 12.2. The molecule has 0 aromatic carbocycles. The molecule has 2 aliphatic rings. The van der Waals surface area contributed by atoms with Gasteiger partial charge in [0, 0.05) is 31.1 Å². The molecule has 8 heteroatoms. The molecular formula is C17H20N6OS. The SMILES string of the molecule is CN1CCN(C(=O)c2nc3c4c5c(sc4ncn3n2)CCCC5)CC1. The third-order valence-corrected chi connectivity index (χ3v) is 6.47. The van der Waals surface area contributed by atoms with Crippen LogP contribution in [0.2, 0.25) is 0 Å². The van der Waals surface area contributed by atoms with Crippen molar-refractivity contribution in [1.29, 1.82) is 0 Å². The fourth-order valence-corrected chi connectivity index (χ4v) is 5.02. The van der Waals surface area contributed by atoms with Crippen LogP contribution in [0.1, 0.15) is 33.9 Å². The molecule has 0 bridgehead atoms. The fraction of sp³-hybridized carbons (Fsp3) is 0.529. The number of aryl methyl sites for hydroxylation is 2. The monoisotopic (exact) mass is 356 g/mol. The second kappa shape index (κ2) is 5.74. The molecule has 1 aliphatic carbocycles. The van der Waals surface area contributed by atoms with Crippen LogP contribution in [-0.2, 0) is 12.8 Å². The molecule has 1 saturated heterocycles. The van der Waals surface area contributed by atoms with E-state index in [1.165, 1.54) is 23.3 Å². The van der Waals surface area contributed by atoms with Crippen molar-refractivity contribution in [2.75, 3.05) is 33.2 Å². The third-order valence-electron chi connectivity index (χ3n) is 5.27. The molecule has 0 N–H and O–H groups in total. The van der Waals surface area contributed by atoms with Gasteiger partial charge in [0.2, 0.25) is 5.82 Å². The number of fused-ring (bicyclic) bond motifs is 5. The fourth-order valence-electron chi connectivity index (χ4n) is 3.80. The van der Waals surface area contributed by atoms with Crippen molar-refractivity contribution in [3.8, 4) is 0 Å². The van der Waals surface area contributed by atoms with Crippen LogP contribution in [0.5, 0.6) is 0 Å². The van der Waals surface area contributed by atoms with E-state index in [-0.39, 0.29) is 11.7 Å². The van der Waals surface area contributed by atoms with Crippen LogP contribution < -0.4 is 0 Å². The number of hydrogen-bond donors (Lipinski definition) is 0. The summed E-state index contributed by atoms with van der Waals surface area (Å²) in [5, 5.41) is 5.53. The first-order valence-electron chi connectivity index (χ1n) is 8.84. The summed E-state index contributed by atoms with van der Waals surface area (Å²) in [7, 11) is 2.08. The minimum atomic E-state index is -0.0750. The van der Waals surface area contributed by atoms with Crippen molar-refractivity contribution in [2.45, 2.75) is 25.7 Å². The largest absolute Gasteiger partial charge is 0.333 e. The summed E-state index contributed by atoms with van der Waals surface area (Å²) >= 11 is 1.77. The highest BCUT2D eigenvalue weighted by Gasteiger charge is 2.26. The van der Waals surface area contributed by atoms with Gasteiger partial charge in [-0.25, -0.2) is 14.5 Å². The zero-order chi connectivity index (χ0) is 17.0. The molecule has 0 saturated carbocycles. The molecule has 7 nitrogen and oxygen atoms in total. The zero-order valence-corrected chi connectivity index (χ0v) is 15.1. The van der Waals surface area contributed by atoms with Crippen LogP contribution in [-0.4, -0.2) is 68.5 Å². The Morgan fingerprint density at radius 2 is 1.96 bits per heavy atom. The number of aromatic nitrogens is 4. The maximum atomic E-state index is 12.8. The average molecular weight is 356 g/mol. The Kier molecular flexibility index (Phi) is 3.49. The molecule has 4 heterocycles. The Bertz CT molecular complexity index is 968. The Morgan fingerprint density at radius 1 is 1.16 bits per heavy atom. The molecule has 5 rings (SSSR count). The second-order valence-electron chi connectivity index (χ2n) is 6.93. The lowest BCUT2D eigenvalue weighted by molar-refractivity contribution is 0.0652. The molecule has 130 valence electrons. The summed E-state index contributed by atoms with van der Waals surface area (Å²) in [6.07, 6.45) is 6.35. The Morgan fingerprint density at radius 3 is 2.80 bits per heavy atom. The number of thiophene rings is 1. The van der Waals surface area contributed by atoms with Gasteiger partial charge >= 0.3 is 0 Å². The molecule has 1 amide bonds. The van der Waals surface area contributed by atoms with Crippen LogP contribution in [0, 0.1) is 0 Å². The smallest absolute Gasteiger partial charge is 0.293 e. The normalized spacial score (nSPS) is 18.8. The molecule has 1 fully saturated rings. The van der Waals surface area contributed by atoms with Gasteiger partial charge in [0.1, 0.15) is 11.2 Å². The Hall–Kier alpha value is -2.06. The summed E-state index contributed by atoms with van der Waals surface area (Å²) in [6.45, 7) is 3.24. The number of carbonyl (C=O) groups excluding carboxylic acids is 1. The Labute approximate surface area is 149 Å². The number of hydrogen-bond acceptors (Lipinski definition) is 6. The van der Waals surface area contributed by atoms with Gasteiger partial charge in [-0.1, -0.05) is 0 Å². The van der Waals surface area contributed by atoms with E-state index in [9.17, 15) is 4.79 Å². The van der Waals surface area contributed by atoms with Gasteiger partial charge in [0.05, 0.1) is 5.39 Å². The molecule has 3 aromatic heterocycles. The lowest BCUT2D eigenvalue weighted by atomic mass is 9.97. The van der Waals surface area contributed by atoms with E-state index in [4.69, 9.17) is 0 Å². The van der Waals surface area contributed by atoms with Gasteiger partial charge in [-0.3, -0.25) is 4.79 Å². The van der Waals surface area contributed by atoms with Gasteiger partial charge in [-0.05, 0) is 38.3 Å². The number of carbonyl (C=O) groups is 1. The lowest BCUT2D eigenvalue weighted by Crippen LogP contribution is -2.47. The number of rotatable bonds is 1. The van der Waals surface area contributed by atoms with Crippen LogP contribution in [0.25, 0.3) is 15.9 Å². The first kappa shape index (κ1) is 15.2. The number of likely N-dealkylation sites (N-methyl/N-ethyl adjacent to an activating group) is 1. The molecule has 0 spiro atoms. The van der Waals surface area contributed by atoms with Gasteiger partial charge in [-0.15, -0.1) is 16.4 Å². The molecule has 1 aliphatic heterocycles. The molecule has 0 atom stereocenters. The predicted octanol–water partition coefficient (Wildman–Crippen LogP) is 1.61. The minimum absolute atomic E-state index is 0.0750. The van der Waals surface area contributed by atoms with Crippen LogP contribution >= 0.6 is 11.3 Å². The van der Waals surface area contributed by atoms with Gasteiger partial charge in [-0.2, -0.15) is 0 Å². The maximum Gasteiger partial charge on any atom is 0.293 e. The second-order valence-corrected chi connectivity index (χ2v) is 8.02. The Balaban J connectivity index is 1.58. The summed E-state index contributed by atoms with van der Waals surface area (Å²) in [4.78, 5) is 28.5. The van der Waals surface area contributed by atoms with Crippen molar-refractivity contribution in [1.82, 2.24) is 29.4 Å². The van der Waals surface area contributed by atoms with E-state index >= 15 is 0 Å². The average Bonchev–Trinajstić information content (AvgIpc) is 3.22. The molecule has 3 aromatic rings. The van der Waals surface area contributed by atoms with E-state index < -0.39 is 0 Å². The highest BCUT2D eigenvalue weighted by molar-refractivity contribution is 7.19. The van der Waals surface area contributed by atoms with Gasteiger partial charge in [0.25, 0.3) is 5.91 Å². The van der Waals surface area contributed by atoms with E-state index in [0.717, 1.165) is 54.9 Å². The highest BCUT2D eigenvalue weighted by Crippen LogP contribution is 2.36. The van der Waals surface area contributed by atoms with E-state index in [1.54, 1.807) is 22.2 Å². The quantitative estimate of drug-likeness (QED) is 0.663. The van der Waals surface area contributed by atoms with Gasteiger partial charge in [0.15, 0.2) is 5.65 Å². The topological polar surface area (TPSA) is 66.6 Å². The minimum Gasteiger partial charge on any atom is -0.333 e. The van der Waals surface area contributed by atoms with E-state index in [2.05, 4.69) is 27.0 Å². The first-order valence-corrected chi connectivity index (χ1v) is 9.66. The number of amides is 1. The van der Waals surface area contributed by atoms with Crippen LogP contribution in [0.15, 0.2) is 6.33 Å². The number of piperazine rings is 1. The van der Waals surface area contributed by atoms with Crippen LogP contribution in [0.4, 0.5) is 0 Å². The summed E-state index contributed by atoms with van der Waals surface area (Å²) in [5.74, 6) is 0.212. The van der Waals surface area contributed by atoms with Gasteiger partial charge < -0.3 is 9.80 Å². The van der Waals surface area contributed by atoms with E-state index in [0.29, 0.717) is 0 Å². The van der Waals surface area contributed by atoms with Crippen LogP contribution in [0.3, 0.4) is 0 Å². The van der Waals surface area contributed by atoms with Crippen molar-refractivity contribution >= 4 is 33.1 Å². The standard InChI is InChI=1S/C17H20N6OS/c1-21-6-8-22(9-7-21)17(24)14-19-15-13-11-4-2-3-5-12(11)25-16(13)18-10-23(15)20-14/h10H,2-9H2,1H3. The molecule has 0 unspecified atom stereocenters. The highest BCUT2D eigenvalue weighted by atomic mass is 32.1. The third kappa shape index (κ3) is 2.43. The molecular weight excluding hydrogens is 336 g/mol.